The van der Waals surface area contributed by atoms with E-state index in [0.29, 0.717) is 12.0 Å². The molecule has 0 bridgehead atoms. The van der Waals surface area contributed by atoms with Crippen molar-refractivity contribution in [2.45, 2.75) is 26.4 Å². The normalized spacial score (nSPS) is 13.4. The van der Waals surface area contributed by atoms with Crippen LogP contribution in [0, 0.1) is 5.92 Å². The van der Waals surface area contributed by atoms with Crippen LogP contribution in [-0.4, -0.2) is 24.7 Å². The van der Waals surface area contributed by atoms with Gasteiger partial charge in [-0.25, -0.2) is 4.98 Å². The summed E-state index contributed by atoms with van der Waals surface area (Å²) < 4.78 is 5.89. The van der Waals surface area contributed by atoms with Crippen molar-refractivity contribution in [3.05, 3.63) is 15.5 Å². The molecule has 0 aliphatic rings. The van der Waals surface area contributed by atoms with E-state index < -0.39 is 0 Å². The smallest absolute Gasteiger partial charge is 0.113 e. The van der Waals surface area contributed by atoms with Gasteiger partial charge in [0.25, 0.3) is 0 Å². The van der Waals surface area contributed by atoms with Crippen molar-refractivity contribution >= 4 is 22.9 Å². The highest BCUT2D eigenvalue weighted by atomic mass is 35.5. The number of rotatable bonds is 6. The van der Waals surface area contributed by atoms with Crippen molar-refractivity contribution in [1.29, 1.82) is 0 Å². The largest absolute Gasteiger partial charge is 0.383 e. The van der Waals surface area contributed by atoms with Crippen molar-refractivity contribution in [1.82, 2.24) is 10.3 Å². The molecule has 1 rings (SSSR count). The first kappa shape index (κ1) is 12.9. The summed E-state index contributed by atoms with van der Waals surface area (Å²) in [5.74, 6) is 0.542. The number of hydrogen-bond donors (Lipinski definition) is 1. The minimum absolute atomic E-state index is 0.359. The molecule has 0 radical (unpaired) electrons. The summed E-state index contributed by atoms with van der Waals surface area (Å²) in [5, 5.41) is 4.43. The Bertz CT molecular complexity index is 291. The molecule has 1 unspecified atom stereocenters. The highest BCUT2D eigenvalue weighted by molar-refractivity contribution is 7.15. The first-order chi connectivity index (χ1) is 7.13. The van der Waals surface area contributed by atoms with Crippen LogP contribution in [0.5, 0.6) is 0 Å². The molecule has 0 fully saturated rings. The van der Waals surface area contributed by atoms with Gasteiger partial charge in [-0.05, 0) is 5.92 Å². The third-order valence-electron chi connectivity index (χ3n) is 2.19. The predicted molar refractivity (Wildman–Crippen MR) is 64.5 cm³/mol. The molecule has 0 saturated carbocycles. The zero-order valence-electron chi connectivity index (χ0n) is 9.29. The summed E-state index contributed by atoms with van der Waals surface area (Å²) in [6, 6.07) is 0.359. The number of methoxy groups -OCH3 is 1. The fourth-order valence-corrected chi connectivity index (χ4v) is 2.16. The van der Waals surface area contributed by atoms with E-state index >= 15 is 0 Å². The molecule has 0 aromatic carbocycles. The Hall–Kier alpha value is -0.160. The highest BCUT2D eigenvalue weighted by Gasteiger charge is 2.12. The van der Waals surface area contributed by atoms with Gasteiger partial charge in [0.2, 0.25) is 0 Å². The molecule has 0 amide bonds. The second-order valence-corrected chi connectivity index (χ2v) is 5.49. The Kier molecular flexibility index (Phi) is 5.53. The fraction of sp³-hybridized carbons (Fsp3) is 0.700. The summed E-state index contributed by atoms with van der Waals surface area (Å²) in [6.07, 6.45) is 1.68. The fourth-order valence-electron chi connectivity index (χ4n) is 1.25. The number of ether oxygens (including phenoxy) is 1. The average Bonchev–Trinajstić information content (AvgIpc) is 2.58. The third-order valence-corrected chi connectivity index (χ3v) is 3.31. The molecule has 86 valence electrons. The number of hydrogen-bond acceptors (Lipinski definition) is 4. The molecule has 0 saturated heterocycles. The molecular weight excluding hydrogens is 232 g/mol. The van der Waals surface area contributed by atoms with Gasteiger partial charge in [-0.3, -0.25) is 0 Å². The van der Waals surface area contributed by atoms with Gasteiger partial charge >= 0.3 is 0 Å². The molecule has 3 nitrogen and oxygen atoms in total. The van der Waals surface area contributed by atoms with E-state index in [1.54, 1.807) is 13.3 Å². The van der Waals surface area contributed by atoms with Gasteiger partial charge in [0, 0.05) is 19.7 Å². The number of thiazole rings is 1. The molecule has 1 heterocycles. The molecule has 5 heteroatoms. The van der Waals surface area contributed by atoms with Crippen LogP contribution in [-0.2, 0) is 11.3 Å². The van der Waals surface area contributed by atoms with Gasteiger partial charge in [-0.15, -0.1) is 11.3 Å². The summed E-state index contributed by atoms with van der Waals surface area (Å²) >= 11 is 7.31. The maximum atomic E-state index is 5.80. The number of nitrogens with zero attached hydrogens (tertiary/aromatic N) is 1. The highest BCUT2D eigenvalue weighted by Crippen LogP contribution is 2.18. The van der Waals surface area contributed by atoms with Gasteiger partial charge in [-0.1, -0.05) is 25.4 Å². The minimum Gasteiger partial charge on any atom is -0.383 e. The third kappa shape index (κ3) is 4.47. The predicted octanol–water partition coefficient (Wildman–Crippen LogP) is 2.56. The summed E-state index contributed by atoms with van der Waals surface area (Å²) in [7, 11) is 1.72. The van der Waals surface area contributed by atoms with Crippen molar-refractivity contribution in [2.75, 3.05) is 13.7 Å². The summed E-state index contributed by atoms with van der Waals surface area (Å²) in [4.78, 5) is 4.19. The van der Waals surface area contributed by atoms with Crippen LogP contribution in [0.3, 0.4) is 0 Å². The van der Waals surface area contributed by atoms with E-state index in [4.69, 9.17) is 16.3 Å². The molecule has 1 aromatic heterocycles. The second kappa shape index (κ2) is 6.43. The summed E-state index contributed by atoms with van der Waals surface area (Å²) in [5.41, 5.74) is 0. The van der Waals surface area contributed by atoms with Crippen LogP contribution in [0.1, 0.15) is 18.9 Å². The van der Waals surface area contributed by atoms with E-state index in [0.717, 1.165) is 22.5 Å². The van der Waals surface area contributed by atoms with Gasteiger partial charge in [0.1, 0.15) is 9.34 Å². The van der Waals surface area contributed by atoms with Gasteiger partial charge in [-0.2, -0.15) is 0 Å². The lowest BCUT2D eigenvalue weighted by atomic mass is 10.1. The van der Waals surface area contributed by atoms with Crippen LogP contribution in [0.2, 0.25) is 4.34 Å². The van der Waals surface area contributed by atoms with Crippen molar-refractivity contribution in [2.24, 2.45) is 5.92 Å². The Morgan fingerprint density at radius 1 is 1.60 bits per heavy atom. The van der Waals surface area contributed by atoms with Crippen LogP contribution in [0.25, 0.3) is 0 Å². The number of halogens is 1. The first-order valence-electron chi connectivity index (χ1n) is 4.96. The first-order valence-corrected chi connectivity index (χ1v) is 6.15. The lowest BCUT2D eigenvalue weighted by Crippen LogP contribution is -2.37. The molecule has 0 aliphatic carbocycles. The Morgan fingerprint density at radius 3 is 2.80 bits per heavy atom. The molecule has 1 N–H and O–H groups in total. The molecular formula is C10H17ClN2OS. The summed E-state index contributed by atoms with van der Waals surface area (Å²) in [6.45, 7) is 5.82. The molecule has 15 heavy (non-hydrogen) atoms. The van der Waals surface area contributed by atoms with Crippen molar-refractivity contribution < 1.29 is 4.74 Å². The van der Waals surface area contributed by atoms with E-state index in [1.165, 1.54) is 11.3 Å². The van der Waals surface area contributed by atoms with Gasteiger partial charge < -0.3 is 10.1 Å². The van der Waals surface area contributed by atoms with Crippen LogP contribution < -0.4 is 5.32 Å². The van der Waals surface area contributed by atoms with Gasteiger partial charge in [0.15, 0.2) is 0 Å². The van der Waals surface area contributed by atoms with Crippen LogP contribution in [0.15, 0.2) is 6.20 Å². The Labute approximate surface area is 99.8 Å². The monoisotopic (exact) mass is 248 g/mol. The maximum absolute atomic E-state index is 5.80. The molecule has 0 aliphatic heterocycles. The topological polar surface area (TPSA) is 34.1 Å². The van der Waals surface area contributed by atoms with Crippen molar-refractivity contribution in [3.8, 4) is 0 Å². The second-order valence-electron chi connectivity index (χ2n) is 3.74. The molecule has 0 spiro atoms. The Morgan fingerprint density at radius 2 is 2.33 bits per heavy atom. The minimum atomic E-state index is 0.359. The zero-order chi connectivity index (χ0) is 11.3. The maximum Gasteiger partial charge on any atom is 0.113 e. The van der Waals surface area contributed by atoms with Crippen LogP contribution >= 0.6 is 22.9 Å². The molecule has 1 atom stereocenters. The zero-order valence-corrected chi connectivity index (χ0v) is 10.9. The lowest BCUT2D eigenvalue weighted by molar-refractivity contribution is 0.146. The Balaban J connectivity index is 2.39. The average molecular weight is 249 g/mol. The van der Waals surface area contributed by atoms with E-state index in [9.17, 15) is 0 Å². The quantitative estimate of drug-likeness (QED) is 0.840. The van der Waals surface area contributed by atoms with Crippen LogP contribution in [0.4, 0.5) is 0 Å². The van der Waals surface area contributed by atoms with E-state index in [2.05, 4.69) is 24.1 Å². The van der Waals surface area contributed by atoms with E-state index in [-0.39, 0.29) is 0 Å². The van der Waals surface area contributed by atoms with Gasteiger partial charge in [0.05, 0.1) is 12.8 Å². The number of aromatic nitrogens is 1. The van der Waals surface area contributed by atoms with Crippen molar-refractivity contribution in [3.63, 3.8) is 0 Å². The molecule has 1 aromatic rings. The number of nitrogens with one attached hydrogen (secondary N) is 1. The van der Waals surface area contributed by atoms with E-state index in [1.807, 2.05) is 0 Å². The SMILES string of the molecule is COCC(NCc1ncc(Cl)s1)C(C)C. The lowest BCUT2D eigenvalue weighted by Gasteiger charge is -2.20. The standard InChI is InChI=1S/C10H17ClN2OS/c1-7(2)8(6-14-3)12-5-10-13-4-9(11)15-10/h4,7-8,12H,5-6H2,1-3H3.